The molecule has 5 nitrogen and oxygen atoms in total. The molecule has 0 aliphatic carbocycles. The Morgan fingerprint density at radius 3 is 1.75 bits per heavy atom. The Labute approximate surface area is 239 Å². The zero-order valence-corrected chi connectivity index (χ0v) is 25.8. The molecule has 0 saturated heterocycles. The summed E-state index contributed by atoms with van der Waals surface area (Å²) in [5.74, 6) is 0.773. The Balaban J connectivity index is 1.88. The third-order valence-corrected chi connectivity index (χ3v) is 8.98. The lowest BCUT2D eigenvalue weighted by Crippen LogP contribution is -2.78. The Morgan fingerprint density at radius 1 is 0.625 bits per heavy atom. The molecule has 212 valence electrons. The molecule has 40 heavy (non-hydrogen) atoms. The summed E-state index contributed by atoms with van der Waals surface area (Å²) in [5.41, 5.74) is 15.4. The van der Waals surface area contributed by atoms with Gasteiger partial charge in [-0.15, -0.1) is 0 Å². The predicted molar refractivity (Wildman–Crippen MR) is 168 cm³/mol. The molecule has 0 radical (unpaired) electrons. The summed E-state index contributed by atoms with van der Waals surface area (Å²) in [6.07, 6.45) is 14.4. The van der Waals surface area contributed by atoms with Crippen LogP contribution in [0.25, 0.3) is 18.2 Å². The minimum atomic E-state index is -0.205. The van der Waals surface area contributed by atoms with Crippen molar-refractivity contribution >= 4 is 29.8 Å². The summed E-state index contributed by atoms with van der Waals surface area (Å²) < 4.78 is 6.80. The molecule has 1 atom stereocenters. The van der Waals surface area contributed by atoms with Crippen molar-refractivity contribution < 1.29 is 9.73 Å². The number of aliphatic imine (C=N–C) groups is 1. The van der Waals surface area contributed by atoms with E-state index in [-0.39, 0.29) is 6.23 Å². The lowest BCUT2D eigenvalue weighted by molar-refractivity contribution is -0.531. The number of nitrogens with zero attached hydrogens (tertiary/aromatic N) is 1. The summed E-state index contributed by atoms with van der Waals surface area (Å²) in [6.45, 7) is 18.0. The smallest absolute Gasteiger partial charge is 0.321 e. The highest BCUT2D eigenvalue weighted by molar-refractivity contribution is 6.18. The van der Waals surface area contributed by atoms with Gasteiger partial charge in [0.2, 0.25) is 11.6 Å². The average Bonchev–Trinajstić information content (AvgIpc) is 3.67. The van der Waals surface area contributed by atoms with E-state index < -0.39 is 0 Å². The fourth-order valence-electron chi connectivity index (χ4n) is 7.08. The summed E-state index contributed by atoms with van der Waals surface area (Å²) in [4.78, 5) is 16.6. The van der Waals surface area contributed by atoms with Gasteiger partial charge in [-0.2, -0.15) is 0 Å². The minimum Gasteiger partial charge on any atom is -0.412 e. The Bertz CT molecular complexity index is 1600. The van der Waals surface area contributed by atoms with E-state index in [1.165, 1.54) is 72.3 Å². The predicted octanol–water partition coefficient (Wildman–Crippen LogP) is 5.08. The SMILES string of the molecule is CCC1=C(CC)/C2=C/c3[nH]c(c(CC)c3CC)/C=c3\[nH]/c(c(CC)c3CC)=C\C3=[NH+]C(OC1=N2)C(CC)=C3CC. The van der Waals surface area contributed by atoms with Crippen LogP contribution in [0.3, 0.4) is 0 Å². The Kier molecular flexibility index (Phi) is 8.21. The van der Waals surface area contributed by atoms with Crippen molar-refractivity contribution in [2.24, 2.45) is 4.99 Å². The van der Waals surface area contributed by atoms with Crippen LogP contribution >= 0.6 is 0 Å². The van der Waals surface area contributed by atoms with E-state index >= 15 is 0 Å². The van der Waals surface area contributed by atoms with E-state index in [0.29, 0.717) is 0 Å². The van der Waals surface area contributed by atoms with Crippen LogP contribution in [0.5, 0.6) is 0 Å². The Hall–Kier alpha value is -3.34. The fourth-order valence-corrected chi connectivity index (χ4v) is 7.08. The minimum absolute atomic E-state index is 0.205. The van der Waals surface area contributed by atoms with Crippen LogP contribution in [0, 0.1) is 0 Å². The van der Waals surface area contributed by atoms with E-state index in [4.69, 9.17) is 9.73 Å². The topological polar surface area (TPSA) is 67.1 Å². The van der Waals surface area contributed by atoms with Crippen LogP contribution in [-0.2, 0) is 30.4 Å². The molecular weight excluding hydrogens is 492 g/mol. The zero-order valence-electron chi connectivity index (χ0n) is 25.8. The highest BCUT2D eigenvalue weighted by atomic mass is 16.5. The molecule has 2 aromatic rings. The number of hydrogen-bond donors (Lipinski definition) is 3. The maximum absolute atomic E-state index is 6.80. The van der Waals surface area contributed by atoms with Crippen LogP contribution < -0.4 is 15.7 Å². The standard InChI is InChI=1S/C35H46N4O/c1-9-20-22(11-3)30-18-32-24(13-5)26(15-7)34(38-32)40-35-27(16-8)25(14-6)33(39-35)19-31-23(12-4)21(10-2)29(37-31)17-28(20)36-30/h17-19,34,36-37H,9-16H2,1-8H3/p+1/b28-17-,30-18-,33-19-. The molecule has 0 aromatic carbocycles. The molecule has 0 spiro atoms. The number of allylic oxidation sites excluding steroid dienone is 2. The largest absolute Gasteiger partial charge is 0.412 e. The van der Waals surface area contributed by atoms with Crippen molar-refractivity contribution in [3.05, 3.63) is 72.3 Å². The first kappa shape index (κ1) is 28.2. The lowest BCUT2D eigenvalue weighted by atomic mass is 9.99. The van der Waals surface area contributed by atoms with Crippen molar-refractivity contribution in [3.8, 4) is 0 Å². The molecule has 0 amide bonds. The second-order valence-corrected chi connectivity index (χ2v) is 10.9. The highest BCUT2D eigenvalue weighted by Gasteiger charge is 2.36. The maximum atomic E-state index is 6.80. The molecule has 0 saturated carbocycles. The maximum Gasteiger partial charge on any atom is 0.321 e. The molecule has 0 fully saturated rings. The van der Waals surface area contributed by atoms with E-state index in [1.807, 2.05) is 0 Å². The number of aromatic nitrogens is 2. The number of ether oxygens (including phenoxy) is 1. The number of hydrogen-bond acceptors (Lipinski definition) is 2. The van der Waals surface area contributed by atoms with Crippen LogP contribution in [0.2, 0.25) is 0 Å². The van der Waals surface area contributed by atoms with Gasteiger partial charge < -0.3 is 14.7 Å². The summed E-state index contributed by atoms with van der Waals surface area (Å²) in [6, 6.07) is 0. The molecule has 3 aliphatic rings. The third-order valence-electron chi connectivity index (χ3n) is 8.98. The van der Waals surface area contributed by atoms with Gasteiger partial charge in [0.25, 0.3) is 0 Å². The van der Waals surface area contributed by atoms with E-state index in [2.05, 4.69) is 88.6 Å². The van der Waals surface area contributed by atoms with Crippen molar-refractivity contribution in [3.63, 3.8) is 0 Å². The van der Waals surface area contributed by atoms with Crippen molar-refractivity contribution in [2.75, 3.05) is 0 Å². The highest BCUT2D eigenvalue weighted by Crippen LogP contribution is 2.34. The quantitative estimate of drug-likeness (QED) is 0.430. The van der Waals surface area contributed by atoms with Crippen molar-refractivity contribution in [1.29, 1.82) is 0 Å². The fraction of sp³-hybridized carbons (Fsp3) is 0.486. The first-order valence-corrected chi connectivity index (χ1v) is 15.7. The number of nitrogens with one attached hydrogen (secondary N) is 3. The van der Waals surface area contributed by atoms with Gasteiger partial charge in [0.1, 0.15) is 0 Å². The van der Waals surface area contributed by atoms with Crippen LogP contribution in [0.1, 0.15) is 115 Å². The van der Waals surface area contributed by atoms with Crippen LogP contribution in [-0.4, -0.2) is 27.8 Å². The number of fused-ring (bicyclic) bond motifs is 6. The first-order chi connectivity index (χ1) is 19.5. The molecule has 1 unspecified atom stereocenters. The van der Waals surface area contributed by atoms with Crippen LogP contribution in [0.4, 0.5) is 0 Å². The van der Waals surface area contributed by atoms with Gasteiger partial charge in [-0.25, -0.2) is 9.98 Å². The number of rotatable bonds is 8. The molecule has 2 aromatic heterocycles. The van der Waals surface area contributed by atoms with Gasteiger partial charge >= 0.3 is 6.23 Å². The number of H-pyrrole nitrogens is 2. The van der Waals surface area contributed by atoms with Gasteiger partial charge in [0, 0.05) is 44.9 Å². The van der Waals surface area contributed by atoms with Gasteiger partial charge in [0.05, 0.1) is 5.70 Å². The Morgan fingerprint density at radius 2 is 1.20 bits per heavy atom. The van der Waals surface area contributed by atoms with E-state index in [0.717, 1.165) is 63.0 Å². The van der Waals surface area contributed by atoms with Gasteiger partial charge in [-0.05, 0) is 91.3 Å². The normalized spacial score (nSPS) is 21.4. The van der Waals surface area contributed by atoms with E-state index in [9.17, 15) is 0 Å². The van der Waals surface area contributed by atoms with Crippen molar-refractivity contribution in [1.82, 2.24) is 9.97 Å². The monoisotopic (exact) mass is 539 g/mol. The first-order valence-electron chi connectivity index (χ1n) is 15.7. The summed E-state index contributed by atoms with van der Waals surface area (Å²) in [5, 5.41) is 2.41. The molecule has 5 heteroatoms. The number of aromatic amines is 2. The second kappa shape index (κ2) is 11.6. The van der Waals surface area contributed by atoms with Gasteiger partial charge in [-0.3, -0.25) is 0 Å². The zero-order chi connectivity index (χ0) is 28.6. The van der Waals surface area contributed by atoms with Crippen molar-refractivity contribution in [2.45, 2.75) is 113 Å². The van der Waals surface area contributed by atoms with Crippen LogP contribution in [0.15, 0.2) is 33.0 Å². The second-order valence-electron chi connectivity index (χ2n) is 10.9. The van der Waals surface area contributed by atoms with Gasteiger partial charge in [-0.1, -0.05) is 55.4 Å². The summed E-state index contributed by atoms with van der Waals surface area (Å²) in [7, 11) is 0. The molecule has 8 bridgehead atoms. The van der Waals surface area contributed by atoms with Gasteiger partial charge in [0.15, 0.2) is 0 Å². The third kappa shape index (κ3) is 4.57. The molecule has 5 heterocycles. The molecule has 3 aliphatic heterocycles. The molecule has 3 N–H and O–H groups in total. The summed E-state index contributed by atoms with van der Waals surface area (Å²) >= 11 is 0. The molecule has 5 rings (SSSR count). The van der Waals surface area contributed by atoms with E-state index in [1.54, 1.807) is 0 Å². The lowest BCUT2D eigenvalue weighted by Gasteiger charge is -2.12. The average molecular weight is 540 g/mol. The molecular formula is C35H47N4O+.